The fourth-order valence-corrected chi connectivity index (χ4v) is 2.08. The van der Waals surface area contributed by atoms with Gasteiger partial charge in [0.1, 0.15) is 11.5 Å². The lowest BCUT2D eigenvalue weighted by atomic mass is 10.2. The van der Waals surface area contributed by atoms with E-state index in [4.69, 9.17) is 21.1 Å². The van der Waals surface area contributed by atoms with Crippen molar-refractivity contribution >= 4 is 17.3 Å². The number of anilines is 1. The van der Waals surface area contributed by atoms with Gasteiger partial charge in [-0.05, 0) is 49.4 Å². The van der Waals surface area contributed by atoms with Crippen molar-refractivity contribution in [2.45, 2.75) is 13.5 Å². The van der Waals surface area contributed by atoms with E-state index in [0.717, 1.165) is 22.7 Å². The Hall–Kier alpha value is -1.87. The largest absolute Gasteiger partial charge is 0.497 e. The maximum Gasteiger partial charge on any atom is 0.124 e. The zero-order valence-electron chi connectivity index (χ0n) is 11.7. The van der Waals surface area contributed by atoms with Gasteiger partial charge in [-0.3, -0.25) is 0 Å². The summed E-state index contributed by atoms with van der Waals surface area (Å²) in [4.78, 5) is 0. The number of rotatable bonds is 6. The highest BCUT2D eigenvalue weighted by molar-refractivity contribution is 6.30. The molecule has 0 atom stereocenters. The Labute approximate surface area is 124 Å². The zero-order valence-corrected chi connectivity index (χ0v) is 12.4. The summed E-state index contributed by atoms with van der Waals surface area (Å²) in [6.07, 6.45) is 0. The molecule has 0 spiro atoms. The van der Waals surface area contributed by atoms with Crippen LogP contribution in [0.2, 0.25) is 5.02 Å². The Morgan fingerprint density at radius 1 is 1.10 bits per heavy atom. The molecule has 106 valence electrons. The van der Waals surface area contributed by atoms with Crippen LogP contribution in [0.4, 0.5) is 5.69 Å². The first-order valence-electron chi connectivity index (χ1n) is 6.52. The molecule has 0 aliphatic rings. The highest BCUT2D eigenvalue weighted by Crippen LogP contribution is 2.24. The first kappa shape index (κ1) is 14.5. The molecule has 0 aliphatic heterocycles. The van der Waals surface area contributed by atoms with Gasteiger partial charge in [0, 0.05) is 22.8 Å². The van der Waals surface area contributed by atoms with Gasteiger partial charge in [-0.1, -0.05) is 11.6 Å². The van der Waals surface area contributed by atoms with Crippen LogP contribution in [0.25, 0.3) is 0 Å². The first-order valence-corrected chi connectivity index (χ1v) is 6.90. The molecule has 3 nitrogen and oxygen atoms in total. The number of methoxy groups -OCH3 is 1. The maximum atomic E-state index is 6.04. The average molecular weight is 292 g/mol. The highest BCUT2D eigenvalue weighted by atomic mass is 35.5. The summed E-state index contributed by atoms with van der Waals surface area (Å²) in [6, 6.07) is 13.4. The molecule has 0 unspecified atom stereocenters. The molecule has 20 heavy (non-hydrogen) atoms. The molecule has 4 heteroatoms. The molecular formula is C16H18ClNO2. The summed E-state index contributed by atoms with van der Waals surface area (Å²) < 4.78 is 10.7. The molecule has 0 saturated heterocycles. The predicted octanol–water partition coefficient (Wildman–Crippen LogP) is 4.36. The Bertz CT molecular complexity index is 555. The van der Waals surface area contributed by atoms with E-state index < -0.39 is 0 Å². The van der Waals surface area contributed by atoms with Crippen molar-refractivity contribution in [3.05, 3.63) is 53.1 Å². The second-order valence-electron chi connectivity index (χ2n) is 4.27. The minimum Gasteiger partial charge on any atom is -0.497 e. The number of benzene rings is 2. The van der Waals surface area contributed by atoms with Crippen LogP contribution in [-0.4, -0.2) is 13.7 Å². The van der Waals surface area contributed by atoms with Gasteiger partial charge in [0.05, 0.1) is 13.7 Å². The Balaban J connectivity index is 2.07. The van der Waals surface area contributed by atoms with Gasteiger partial charge in [0.2, 0.25) is 0 Å². The lowest BCUT2D eigenvalue weighted by Crippen LogP contribution is -2.03. The number of ether oxygens (including phenoxy) is 2. The Morgan fingerprint density at radius 2 is 1.85 bits per heavy atom. The number of nitrogens with one attached hydrogen (secondary N) is 1. The van der Waals surface area contributed by atoms with E-state index in [9.17, 15) is 0 Å². The van der Waals surface area contributed by atoms with Crippen LogP contribution < -0.4 is 14.8 Å². The lowest BCUT2D eigenvalue weighted by Gasteiger charge is -2.12. The summed E-state index contributed by atoms with van der Waals surface area (Å²) in [6.45, 7) is 3.26. The fraction of sp³-hybridized carbons (Fsp3) is 0.250. The summed E-state index contributed by atoms with van der Waals surface area (Å²) in [7, 11) is 1.66. The molecule has 0 aromatic heterocycles. The third-order valence-corrected chi connectivity index (χ3v) is 3.13. The standard InChI is InChI=1S/C16H18ClNO2/c1-3-20-16-9-4-13(17)10-12(16)11-18-14-5-7-15(19-2)8-6-14/h4-10,18H,3,11H2,1-2H3. The van der Waals surface area contributed by atoms with Crippen LogP contribution in [0, 0.1) is 0 Å². The minimum absolute atomic E-state index is 0.636. The van der Waals surface area contributed by atoms with Crippen LogP contribution in [0.1, 0.15) is 12.5 Å². The molecule has 0 radical (unpaired) electrons. The van der Waals surface area contributed by atoms with Crippen molar-refractivity contribution in [3.8, 4) is 11.5 Å². The summed E-state index contributed by atoms with van der Waals surface area (Å²) in [5.41, 5.74) is 2.06. The SMILES string of the molecule is CCOc1ccc(Cl)cc1CNc1ccc(OC)cc1. The first-order chi connectivity index (χ1) is 9.72. The molecule has 0 heterocycles. The Kier molecular flexibility index (Phi) is 5.13. The van der Waals surface area contributed by atoms with Gasteiger partial charge in [-0.15, -0.1) is 0 Å². The van der Waals surface area contributed by atoms with Gasteiger partial charge in [0.25, 0.3) is 0 Å². The smallest absolute Gasteiger partial charge is 0.124 e. The topological polar surface area (TPSA) is 30.5 Å². The van der Waals surface area contributed by atoms with Crippen LogP contribution in [0.15, 0.2) is 42.5 Å². The van der Waals surface area contributed by atoms with E-state index in [1.165, 1.54) is 0 Å². The molecule has 1 N–H and O–H groups in total. The average Bonchev–Trinajstić information content (AvgIpc) is 2.48. The zero-order chi connectivity index (χ0) is 14.4. The highest BCUT2D eigenvalue weighted by Gasteiger charge is 2.04. The van der Waals surface area contributed by atoms with Crippen molar-refractivity contribution < 1.29 is 9.47 Å². The number of hydrogen-bond donors (Lipinski definition) is 1. The van der Waals surface area contributed by atoms with Crippen molar-refractivity contribution in [2.75, 3.05) is 19.0 Å². The normalized spacial score (nSPS) is 10.2. The molecule has 0 fully saturated rings. The van der Waals surface area contributed by atoms with Gasteiger partial charge in [-0.25, -0.2) is 0 Å². The number of hydrogen-bond acceptors (Lipinski definition) is 3. The van der Waals surface area contributed by atoms with Crippen LogP contribution in [-0.2, 0) is 6.54 Å². The molecule has 2 aromatic carbocycles. The molecule has 0 bridgehead atoms. The molecule has 2 rings (SSSR count). The van der Waals surface area contributed by atoms with E-state index in [1.807, 2.05) is 49.4 Å². The molecule has 0 saturated carbocycles. The summed E-state index contributed by atoms with van der Waals surface area (Å²) in [5.74, 6) is 1.70. The van der Waals surface area contributed by atoms with Gasteiger partial charge < -0.3 is 14.8 Å². The van der Waals surface area contributed by atoms with E-state index >= 15 is 0 Å². The second-order valence-corrected chi connectivity index (χ2v) is 4.70. The van der Waals surface area contributed by atoms with Crippen molar-refractivity contribution in [1.29, 1.82) is 0 Å². The van der Waals surface area contributed by atoms with Crippen LogP contribution in [0.5, 0.6) is 11.5 Å². The van der Waals surface area contributed by atoms with Gasteiger partial charge in [0.15, 0.2) is 0 Å². The van der Waals surface area contributed by atoms with Crippen molar-refractivity contribution in [2.24, 2.45) is 0 Å². The van der Waals surface area contributed by atoms with Crippen molar-refractivity contribution in [1.82, 2.24) is 0 Å². The molecular weight excluding hydrogens is 274 g/mol. The van der Waals surface area contributed by atoms with Crippen LogP contribution in [0.3, 0.4) is 0 Å². The van der Waals surface area contributed by atoms with Crippen molar-refractivity contribution in [3.63, 3.8) is 0 Å². The second kappa shape index (κ2) is 7.06. The van der Waals surface area contributed by atoms with E-state index in [0.29, 0.717) is 18.2 Å². The minimum atomic E-state index is 0.636. The number of halogens is 1. The Morgan fingerprint density at radius 3 is 2.50 bits per heavy atom. The monoisotopic (exact) mass is 291 g/mol. The lowest BCUT2D eigenvalue weighted by molar-refractivity contribution is 0.337. The molecule has 0 amide bonds. The molecule has 2 aromatic rings. The van der Waals surface area contributed by atoms with Crippen LogP contribution >= 0.6 is 11.6 Å². The van der Waals surface area contributed by atoms with E-state index in [-0.39, 0.29) is 0 Å². The maximum absolute atomic E-state index is 6.04. The van der Waals surface area contributed by atoms with E-state index in [2.05, 4.69) is 5.32 Å². The van der Waals surface area contributed by atoms with E-state index in [1.54, 1.807) is 7.11 Å². The molecule has 0 aliphatic carbocycles. The predicted molar refractivity (Wildman–Crippen MR) is 82.9 cm³/mol. The summed E-state index contributed by atoms with van der Waals surface area (Å²) >= 11 is 6.04. The summed E-state index contributed by atoms with van der Waals surface area (Å²) in [5, 5.41) is 4.05. The third kappa shape index (κ3) is 3.81. The fourth-order valence-electron chi connectivity index (χ4n) is 1.89. The van der Waals surface area contributed by atoms with Gasteiger partial charge in [-0.2, -0.15) is 0 Å². The third-order valence-electron chi connectivity index (χ3n) is 2.90. The van der Waals surface area contributed by atoms with Gasteiger partial charge >= 0.3 is 0 Å². The quantitative estimate of drug-likeness (QED) is 0.858.